The van der Waals surface area contributed by atoms with Gasteiger partial charge in [0.05, 0.1) is 30.9 Å². The lowest BCUT2D eigenvalue weighted by Gasteiger charge is -2.37. The fraction of sp³-hybridized carbons (Fsp3) is 0.227. The van der Waals surface area contributed by atoms with Gasteiger partial charge < -0.3 is 14.2 Å². The Hall–Kier alpha value is -2.51. The summed E-state index contributed by atoms with van der Waals surface area (Å²) in [5, 5.41) is 9.16. The zero-order valence-corrected chi connectivity index (χ0v) is 18.4. The second-order valence-corrected chi connectivity index (χ2v) is 8.78. The van der Waals surface area contributed by atoms with Gasteiger partial charge in [0.15, 0.2) is 11.5 Å². The molecule has 148 valence electrons. The van der Waals surface area contributed by atoms with Gasteiger partial charge in [-0.25, -0.2) is 5.01 Å². The minimum atomic E-state index is -0.230. The summed E-state index contributed by atoms with van der Waals surface area (Å²) in [6.45, 7) is 0. The van der Waals surface area contributed by atoms with Crippen molar-refractivity contribution in [1.82, 2.24) is 5.01 Å². The van der Waals surface area contributed by atoms with Crippen molar-refractivity contribution in [2.45, 2.75) is 18.7 Å². The van der Waals surface area contributed by atoms with Crippen LogP contribution in [0.15, 0.2) is 63.5 Å². The van der Waals surface area contributed by atoms with Crippen molar-refractivity contribution in [3.05, 3.63) is 74.4 Å². The second-order valence-electron chi connectivity index (χ2n) is 6.88. The van der Waals surface area contributed by atoms with Gasteiger partial charge in [-0.05, 0) is 47.8 Å². The maximum atomic E-state index is 6.37. The summed E-state index contributed by atoms with van der Waals surface area (Å²) >= 11 is 5.28. The number of halogens is 1. The van der Waals surface area contributed by atoms with Gasteiger partial charge in [-0.1, -0.05) is 22.0 Å². The van der Waals surface area contributed by atoms with Gasteiger partial charge in [0.25, 0.3) is 0 Å². The van der Waals surface area contributed by atoms with Gasteiger partial charge >= 0.3 is 0 Å². The number of hydrogen-bond donors (Lipinski definition) is 0. The molecule has 3 heterocycles. The number of hydrazone groups is 1. The molecular formula is C22H19BrN2O3S. The normalized spacial score (nSPS) is 19.8. The van der Waals surface area contributed by atoms with Crippen LogP contribution in [0.25, 0.3) is 0 Å². The molecule has 0 spiro atoms. The lowest BCUT2D eigenvalue weighted by atomic mass is 9.96. The predicted molar refractivity (Wildman–Crippen MR) is 117 cm³/mol. The molecule has 7 heteroatoms. The highest BCUT2D eigenvalue weighted by atomic mass is 79.9. The molecule has 2 aromatic carbocycles. The quantitative estimate of drug-likeness (QED) is 0.485. The van der Waals surface area contributed by atoms with E-state index in [1.54, 1.807) is 25.6 Å². The van der Waals surface area contributed by atoms with Crippen molar-refractivity contribution in [2.75, 3.05) is 14.2 Å². The Bertz CT molecular complexity index is 1080. The van der Waals surface area contributed by atoms with Gasteiger partial charge in [-0.15, -0.1) is 11.3 Å². The number of benzene rings is 2. The largest absolute Gasteiger partial charge is 0.493 e. The summed E-state index contributed by atoms with van der Waals surface area (Å²) in [6.07, 6.45) is 0.566. The Kier molecular flexibility index (Phi) is 4.72. The Morgan fingerprint density at radius 2 is 1.97 bits per heavy atom. The number of fused-ring (bicyclic) bond motifs is 3. The summed E-state index contributed by atoms with van der Waals surface area (Å²) in [5.74, 6) is 2.32. The molecule has 0 fully saturated rings. The minimum absolute atomic E-state index is 0.117. The molecule has 0 bridgehead atoms. The standard InChI is InChI=1S/C22H19BrN2O3S/c1-26-19-7-5-13(10-20(19)27-2)16-12-17-15-11-14(23)6-8-18(15)28-22(25(17)24-16)21-4-3-9-29-21/h3-11,17,22H,12H2,1-2H3/t17-,22-/m1/s1. The van der Waals surface area contributed by atoms with Gasteiger partial charge in [0.2, 0.25) is 6.23 Å². The van der Waals surface area contributed by atoms with E-state index in [9.17, 15) is 0 Å². The molecule has 2 aliphatic heterocycles. The molecule has 0 saturated heterocycles. The van der Waals surface area contributed by atoms with E-state index in [-0.39, 0.29) is 12.3 Å². The highest BCUT2D eigenvalue weighted by Crippen LogP contribution is 2.49. The van der Waals surface area contributed by atoms with Crippen LogP contribution in [0.4, 0.5) is 0 Å². The zero-order chi connectivity index (χ0) is 20.0. The van der Waals surface area contributed by atoms with E-state index in [0.717, 1.165) is 38.4 Å². The van der Waals surface area contributed by atoms with Crippen molar-refractivity contribution < 1.29 is 14.2 Å². The molecule has 3 aromatic rings. The molecule has 0 N–H and O–H groups in total. The molecule has 0 unspecified atom stereocenters. The molecule has 5 nitrogen and oxygen atoms in total. The Morgan fingerprint density at radius 1 is 1.10 bits per heavy atom. The molecule has 0 amide bonds. The Morgan fingerprint density at radius 3 is 2.72 bits per heavy atom. The molecule has 0 radical (unpaired) electrons. The van der Waals surface area contributed by atoms with E-state index in [2.05, 4.69) is 38.5 Å². The van der Waals surface area contributed by atoms with Gasteiger partial charge in [-0.3, -0.25) is 0 Å². The van der Waals surface area contributed by atoms with Crippen molar-refractivity contribution in [2.24, 2.45) is 5.10 Å². The monoisotopic (exact) mass is 470 g/mol. The molecule has 0 saturated carbocycles. The van der Waals surface area contributed by atoms with E-state index < -0.39 is 0 Å². The Labute approximate surface area is 181 Å². The molecule has 2 atom stereocenters. The fourth-order valence-electron chi connectivity index (χ4n) is 3.87. The van der Waals surface area contributed by atoms with Gasteiger partial charge in [0, 0.05) is 22.0 Å². The average Bonchev–Trinajstić information content (AvgIpc) is 3.43. The topological polar surface area (TPSA) is 43.3 Å². The Balaban J connectivity index is 1.58. The lowest BCUT2D eigenvalue weighted by Crippen LogP contribution is -2.33. The molecule has 1 aromatic heterocycles. The molecule has 0 aliphatic carbocycles. The number of hydrogen-bond acceptors (Lipinski definition) is 6. The highest BCUT2D eigenvalue weighted by Gasteiger charge is 2.41. The van der Waals surface area contributed by atoms with Gasteiger partial charge in [-0.2, -0.15) is 5.10 Å². The first-order valence-electron chi connectivity index (χ1n) is 9.25. The van der Waals surface area contributed by atoms with Gasteiger partial charge in [0.1, 0.15) is 5.75 Å². The van der Waals surface area contributed by atoms with Crippen LogP contribution < -0.4 is 14.2 Å². The summed E-state index contributed by atoms with van der Waals surface area (Å²) in [4.78, 5) is 1.14. The maximum Gasteiger partial charge on any atom is 0.222 e. The number of thiophene rings is 1. The third kappa shape index (κ3) is 3.18. The lowest BCUT2D eigenvalue weighted by molar-refractivity contribution is -0.0166. The van der Waals surface area contributed by atoms with E-state index >= 15 is 0 Å². The van der Waals surface area contributed by atoms with Crippen LogP contribution in [-0.4, -0.2) is 24.9 Å². The zero-order valence-electron chi connectivity index (χ0n) is 16.0. The number of methoxy groups -OCH3 is 2. The second kappa shape index (κ2) is 7.39. The highest BCUT2D eigenvalue weighted by molar-refractivity contribution is 9.10. The van der Waals surface area contributed by atoms with Crippen LogP contribution in [0, 0.1) is 0 Å². The third-order valence-corrected chi connectivity index (χ3v) is 6.65. The summed E-state index contributed by atoms with van der Waals surface area (Å²) in [6, 6.07) is 16.4. The van der Waals surface area contributed by atoms with Crippen LogP contribution in [-0.2, 0) is 0 Å². The molecule has 5 rings (SSSR count). The number of ether oxygens (including phenoxy) is 3. The molecular weight excluding hydrogens is 452 g/mol. The summed E-state index contributed by atoms with van der Waals surface area (Å²) < 4.78 is 18.3. The van der Waals surface area contributed by atoms with Crippen molar-refractivity contribution in [3.8, 4) is 17.2 Å². The third-order valence-electron chi connectivity index (χ3n) is 5.26. The van der Waals surface area contributed by atoms with Crippen LogP contribution in [0.3, 0.4) is 0 Å². The SMILES string of the molecule is COc1ccc(C2=NN3[C@H](C2)c2cc(Br)ccc2O[C@@H]3c2cccs2)cc1OC. The van der Waals surface area contributed by atoms with Crippen molar-refractivity contribution in [1.29, 1.82) is 0 Å². The van der Waals surface area contributed by atoms with E-state index in [0.29, 0.717) is 11.5 Å². The van der Waals surface area contributed by atoms with E-state index in [1.165, 1.54) is 0 Å². The molecule has 29 heavy (non-hydrogen) atoms. The average molecular weight is 471 g/mol. The van der Waals surface area contributed by atoms with Crippen LogP contribution in [0.2, 0.25) is 0 Å². The maximum absolute atomic E-state index is 6.37. The van der Waals surface area contributed by atoms with Crippen LogP contribution >= 0.6 is 27.3 Å². The first-order valence-corrected chi connectivity index (χ1v) is 10.9. The van der Waals surface area contributed by atoms with Crippen molar-refractivity contribution >= 4 is 33.0 Å². The van der Waals surface area contributed by atoms with E-state index in [1.807, 2.05) is 36.4 Å². The number of nitrogens with zero attached hydrogens (tertiary/aromatic N) is 2. The van der Waals surface area contributed by atoms with Crippen LogP contribution in [0.1, 0.15) is 34.7 Å². The summed E-state index contributed by atoms with van der Waals surface area (Å²) in [5.41, 5.74) is 3.18. The van der Waals surface area contributed by atoms with Crippen molar-refractivity contribution in [3.63, 3.8) is 0 Å². The predicted octanol–water partition coefficient (Wildman–Crippen LogP) is 5.77. The fourth-order valence-corrected chi connectivity index (χ4v) is 4.99. The van der Waals surface area contributed by atoms with E-state index in [4.69, 9.17) is 19.3 Å². The first kappa shape index (κ1) is 18.5. The smallest absolute Gasteiger partial charge is 0.222 e. The first-order chi connectivity index (χ1) is 14.2. The minimum Gasteiger partial charge on any atom is -0.493 e. The summed E-state index contributed by atoms with van der Waals surface area (Å²) in [7, 11) is 3.29. The number of rotatable bonds is 4. The van der Waals surface area contributed by atoms with Crippen LogP contribution in [0.5, 0.6) is 17.2 Å². The molecule has 2 aliphatic rings.